The third-order valence-electron chi connectivity index (χ3n) is 5.29. The summed E-state index contributed by atoms with van der Waals surface area (Å²) in [5.41, 5.74) is 2.58. The molecule has 0 fully saturated rings. The fourth-order valence-electron chi connectivity index (χ4n) is 4.02. The first kappa shape index (κ1) is 16.9. The molecule has 3 aromatic carbocycles. The maximum absolute atomic E-state index is 6.42. The van der Waals surface area contributed by atoms with Crippen LogP contribution in [0.5, 0.6) is 5.75 Å². The zero-order chi connectivity index (χ0) is 18.8. The minimum atomic E-state index is -0.590. The van der Waals surface area contributed by atoms with Crippen LogP contribution in [0.25, 0.3) is 10.8 Å². The maximum Gasteiger partial charge on any atom is 0.192 e. The molecule has 0 spiro atoms. The minimum Gasteiger partial charge on any atom is -0.465 e. The summed E-state index contributed by atoms with van der Waals surface area (Å²) in [6, 6.07) is 18.6. The molecule has 1 atom stereocenters. The Hall–Kier alpha value is -2.23. The van der Waals surface area contributed by atoms with Gasteiger partial charge in [-0.15, -0.1) is 0 Å². The lowest BCUT2D eigenvalue weighted by atomic mass is 9.94. The van der Waals surface area contributed by atoms with Crippen LogP contribution in [-0.4, -0.2) is 16.4 Å². The monoisotopic (exact) mass is 396 g/mol. The molecular weight excluding hydrogens is 379 g/mol. The molecule has 0 saturated heterocycles. The zero-order valence-corrected chi connectivity index (χ0v) is 16.6. The molecule has 0 aliphatic carbocycles. The molecular formula is C22H18Cl2N2O. The molecule has 0 radical (unpaired) electrons. The van der Waals surface area contributed by atoms with Crippen LogP contribution in [-0.2, 0) is 0 Å². The SMILES string of the molecule is CC1(C)Oc2c(Cl)cc(Cl)cc2C2CC(c3ccc4ccccc4c3)=NN21. The average Bonchev–Trinajstić information content (AvgIpc) is 3.09. The molecule has 0 bridgehead atoms. The summed E-state index contributed by atoms with van der Waals surface area (Å²) >= 11 is 12.7. The first-order valence-corrected chi connectivity index (χ1v) is 9.72. The first-order chi connectivity index (χ1) is 12.9. The number of fused-ring (bicyclic) bond motifs is 4. The highest BCUT2D eigenvalue weighted by molar-refractivity contribution is 6.35. The summed E-state index contributed by atoms with van der Waals surface area (Å²) < 4.78 is 6.20. The molecule has 2 aliphatic rings. The van der Waals surface area contributed by atoms with Gasteiger partial charge in [-0.2, -0.15) is 5.10 Å². The largest absolute Gasteiger partial charge is 0.465 e. The van der Waals surface area contributed by atoms with Gasteiger partial charge in [0, 0.05) is 17.0 Å². The Morgan fingerprint density at radius 1 is 1.04 bits per heavy atom. The van der Waals surface area contributed by atoms with Crippen LogP contribution in [0.3, 0.4) is 0 Å². The number of hydrogen-bond donors (Lipinski definition) is 0. The lowest BCUT2D eigenvalue weighted by Crippen LogP contribution is -2.48. The van der Waals surface area contributed by atoms with Crippen molar-refractivity contribution in [2.45, 2.75) is 32.0 Å². The molecule has 27 heavy (non-hydrogen) atoms. The van der Waals surface area contributed by atoms with E-state index in [0.717, 1.165) is 23.3 Å². The van der Waals surface area contributed by atoms with Gasteiger partial charge in [0.15, 0.2) is 5.72 Å². The number of halogens is 2. The summed E-state index contributed by atoms with van der Waals surface area (Å²) in [7, 11) is 0. The Balaban J connectivity index is 1.60. The smallest absolute Gasteiger partial charge is 0.192 e. The van der Waals surface area contributed by atoms with Gasteiger partial charge in [-0.1, -0.05) is 59.6 Å². The van der Waals surface area contributed by atoms with E-state index in [9.17, 15) is 0 Å². The van der Waals surface area contributed by atoms with Crippen molar-refractivity contribution in [3.05, 3.63) is 75.8 Å². The fourth-order valence-corrected chi connectivity index (χ4v) is 4.57. The van der Waals surface area contributed by atoms with E-state index in [4.69, 9.17) is 33.0 Å². The quantitative estimate of drug-likeness (QED) is 0.473. The predicted octanol–water partition coefficient (Wildman–Crippen LogP) is 6.43. The van der Waals surface area contributed by atoms with Gasteiger partial charge in [0.05, 0.1) is 16.8 Å². The van der Waals surface area contributed by atoms with Crippen molar-refractivity contribution < 1.29 is 4.74 Å². The van der Waals surface area contributed by atoms with Crippen molar-refractivity contribution >= 4 is 39.7 Å². The van der Waals surface area contributed by atoms with E-state index < -0.39 is 5.72 Å². The molecule has 0 aromatic heterocycles. The first-order valence-electron chi connectivity index (χ1n) is 8.96. The molecule has 5 rings (SSSR count). The van der Waals surface area contributed by atoms with Gasteiger partial charge in [-0.05, 0) is 48.4 Å². The molecule has 5 heteroatoms. The van der Waals surface area contributed by atoms with Gasteiger partial charge in [-0.3, -0.25) is 0 Å². The van der Waals surface area contributed by atoms with Gasteiger partial charge >= 0.3 is 0 Å². The van der Waals surface area contributed by atoms with E-state index in [1.807, 2.05) is 24.9 Å². The average molecular weight is 397 g/mol. The van der Waals surface area contributed by atoms with E-state index >= 15 is 0 Å². The maximum atomic E-state index is 6.42. The van der Waals surface area contributed by atoms with Crippen LogP contribution in [0, 0.1) is 0 Å². The topological polar surface area (TPSA) is 24.8 Å². The summed E-state index contributed by atoms with van der Waals surface area (Å²) in [5, 5.41) is 10.6. The van der Waals surface area contributed by atoms with E-state index in [0.29, 0.717) is 15.8 Å². The van der Waals surface area contributed by atoms with Crippen LogP contribution >= 0.6 is 23.2 Å². The molecule has 1 unspecified atom stereocenters. The van der Waals surface area contributed by atoms with Gasteiger partial charge in [0.25, 0.3) is 0 Å². The Morgan fingerprint density at radius 3 is 2.63 bits per heavy atom. The highest BCUT2D eigenvalue weighted by Gasteiger charge is 2.45. The van der Waals surface area contributed by atoms with Gasteiger partial charge < -0.3 is 4.74 Å². The number of hydrogen-bond acceptors (Lipinski definition) is 3. The molecule has 2 heterocycles. The lowest BCUT2D eigenvalue weighted by Gasteiger charge is -2.44. The lowest BCUT2D eigenvalue weighted by molar-refractivity contribution is -0.0910. The number of nitrogens with zero attached hydrogens (tertiary/aromatic N) is 2. The number of rotatable bonds is 1. The number of hydrazone groups is 1. The minimum absolute atomic E-state index is 0.0569. The van der Waals surface area contributed by atoms with Crippen LogP contribution in [0.2, 0.25) is 10.0 Å². The summed E-state index contributed by atoms with van der Waals surface area (Å²) in [6.07, 6.45) is 0.787. The van der Waals surface area contributed by atoms with Crippen molar-refractivity contribution in [1.29, 1.82) is 0 Å². The molecule has 136 valence electrons. The highest BCUT2D eigenvalue weighted by atomic mass is 35.5. The molecule has 3 nitrogen and oxygen atoms in total. The standard InChI is InChI=1S/C22H18Cl2N2O/c1-22(2)26-20(17-10-16(23)11-18(24)21(17)27-22)12-19(25-26)15-8-7-13-5-3-4-6-14(13)9-15/h3-11,20H,12H2,1-2H3. The Bertz CT molecular complexity index is 1110. The van der Waals surface area contributed by atoms with Crippen LogP contribution < -0.4 is 4.74 Å². The molecule has 2 aliphatic heterocycles. The number of benzene rings is 3. The highest BCUT2D eigenvalue weighted by Crippen LogP contribution is 2.50. The van der Waals surface area contributed by atoms with Gasteiger partial charge in [0.1, 0.15) is 5.75 Å². The Labute approximate surface area is 168 Å². The van der Waals surface area contributed by atoms with Crippen molar-refractivity contribution in [1.82, 2.24) is 5.01 Å². The van der Waals surface area contributed by atoms with Gasteiger partial charge in [-0.25, -0.2) is 5.01 Å². The predicted molar refractivity (Wildman–Crippen MR) is 111 cm³/mol. The van der Waals surface area contributed by atoms with E-state index in [-0.39, 0.29) is 6.04 Å². The third kappa shape index (κ3) is 2.69. The van der Waals surface area contributed by atoms with Gasteiger partial charge in [0.2, 0.25) is 0 Å². The van der Waals surface area contributed by atoms with Crippen molar-refractivity contribution in [3.8, 4) is 5.75 Å². The van der Waals surface area contributed by atoms with E-state index in [2.05, 4.69) is 42.5 Å². The second-order valence-corrected chi connectivity index (χ2v) is 8.37. The second kappa shape index (κ2) is 5.88. The van der Waals surface area contributed by atoms with Crippen LogP contribution in [0.15, 0.2) is 59.7 Å². The Kier molecular flexibility index (Phi) is 3.68. The summed E-state index contributed by atoms with van der Waals surface area (Å²) in [6.45, 7) is 4.03. The zero-order valence-electron chi connectivity index (χ0n) is 15.0. The molecule has 0 N–H and O–H groups in total. The third-order valence-corrected chi connectivity index (χ3v) is 5.79. The van der Waals surface area contributed by atoms with Crippen LogP contribution in [0.4, 0.5) is 0 Å². The van der Waals surface area contributed by atoms with E-state index in [1.165, 1.54) is 10.8 Å². The normalized spacial score (nSPS) is 20.1. The molecule has 0 amide bonds. The van der Waals surface area contributed by atoms with E-state index in [1.54, 1.807) is 6.07 Å². The fraction of sp³-hybridized carbons (Fsp3) is 0.227. The summed E-state index contributed by atoms with van der Waals surface area (Å²) in [5.74, 6) is 0.710. The van der Waals surface area contributed by atoms with Crippen molar-refractivity contribution in [3.63, 3.8) is 0 Å². The second-order valence-electron chi connectivity index (χ2n) is 7.53. The summed E-state index contributed by atoms with van der Waals surface area (Å²) in [4.78, 5) is 0. The van der Waals surface area contributed by atoms with Crippen molar-refractivity contribution in [2.24, 2.45) is 5.10 Å². The van der Waals surface area contributed by atoms with Crippen LogP contribution in [0.1, 0.15) is 37.4 Å². The number of ether oxygens (including phenoxy) is 1. The Morgan fingerprint density at radius 2 is 1.81 bits per heavy atom. The van der Waals surface area contributed by atoms with Crippen molar-refractivity contribution in [2.75, 3.05) is 0 Å². The molecule has 0 saturated carbocycles. The molecule has 3 aromatic rings.